The molecule has 2 rings (SSSR count). The zero-order chi connectivity index (χ0) is 12.8. The van der Waals surface area contributed by atoms with E-state index in [1.54, 1.807) is 12.4 Å². The molecule has 3 nitrogen and oxygen atoms in total. The van der Waals surface area contributed by atoms with Gasteiger partial charge in [0.15, 0.2) is 0 Å². The molecular formula is C15H24N2O. The molecule has 0 saturated heterocycles. The molecule has 100 valence electrons. The molecule has 0 aromatic carbocycles. The van der Waals surface area contributed by atoms with Crippen LogP contribution in [0, 0.1) is 0 Å². The van der Waals surface area contributed by atoms with E-state index in [2.05, 4.69) is 17.2 Å². The van der Waals surface area contributed by atoms with Gasteiger partial charge in [-0.05, 0) is 37.5 Å². The number of aliphatic hydroxyl groups excluding tert-OH is 1. The Bertz CT molecular complexity index is 347. The van der Waals surface area contributed by atoms with Crippen molar-refractivity contribution < 1.29 is 5.11 Å². The molecular weight excluding hydrogens is 224 g/mol. The fourth-order valence-corrected chi connectivity index (χ4v) is 2.81. The van der Waals surface area contributed by atoms with Gasteiger partial charge in [-0.3, -0.25) is 4.98 Å². The minimum absolute atomic E-state index is 0.119. The first kappa shape index (κ1) is 13.5. The summed E-state index contributed by atoms with van der Waals surface area (Å²) in [6, 6.07) is 4.50. The molecule has 0 aliphatic heterocycles. The standard InChI is InChI=1S/C15H24N2O/c1-15(12-18,13-8-10-16-11-9-13)17-14-6-4-2-3-5-7-14/h8-11,14,17-18H,2-7,12H2,1H3. The van der Waals surface area contributed by atoms with Crippen molar-refractivity contribution in [2.45, 2.75) is 57.0 Å². The molecule has 1 aliphatic rings. The number of hydrogen-bond donors (Lipinski definition) is 2. The highest BCUT2D eigenvalue weighted by atomic mass is 16.3. The molecule has 2 N–H and O–H groups in total. The van der Waals surface area contributed by atoms with Gasteiger partial charge < -0.3 is 10.4 Å². The minimum atomic E-state index is -0.349. The van der Waals surface area contributed by atoms with Crippen LogP contribution >= 0.6 is 0 Å². The number of aromatic nitrogens is 1. The Kier molecular flexibility index (Phi) is 4.72. The van der Waals surface area contributed by atoms with Gasteiger partial charge in [0.1, 0.15) is 0 Å². The van der Waals surface area contributed by atoms with E-state index in [0.29, 0.717) is 6.04 Å². The first-order chi connectivity index (χ1) is 8.74. The predicted molar refractivity (Wildman–Crippen MR) is 73.3 cm³/mol. The molecule has 0 amide bonds. The zero-order valence-electron chi connectivity index (χ0n) is 11.2. The lowest BCUT2D eigenvalue weighted by Gasteiger charge is -2.34. The Balaban J connectivity index is 2.07. The summed E-state index contributed by atoms with van der Waals surface area (Å²) in [6.07, 6.45) is 11.3. The Morgan fingerprint density at radius 2 is 1.83 bits per heavy atom. The first-order valence-corrected chi connectivity index (χ1v) is 7.04. The first-order valence-electron chi connectivity index (χ1n) is 7.04. The van der Waals surface area contributed by atoms with Crippen molar-refractivity contribution in [3.8, 4) is 0 Å². The van der Waals surface area contributed by atoms with Gasteiger partial charge in [-0.25, -0.2) is 0 Å². The fourth-order valence-electron chi connectivity index (χ4n) is 2.81. The van der Waals surface area contributed by atoms with Gasteiger partial charge in [0.25, 0.3) is 0 Å². The molecule has 1 aromatic rings. The van der Waals surface area contributed by atoms with Crippen molar-refractivity contribution >= 4 is 0 Å². The second-order valence-electron chi connectivity index (χ2n) is 5.56. The lowest BCUT2D eigenvalue weighted by Crippen LogP contribution is -2.48. The molecule has 1 heterocycles. The van der Waals surface area contributed by atoms with Crippen LogP contribution in [0.25, 0.3) is 0 Å². The summed E-state index contributed by atoms with van der Waals surface area (Å²) in [7, 11) is 0. The van der Waals surface area contributed by atoms with Crippen LogP contribution in [-0.4, -0.2) is 22.7 Å². The Labute approximate surface area is 110 Å². The quantitative estimate of drug-likeness (QED) is 0.805. The summed E-state index contributed by atoms with van der Waals surface area (Å²) >= 11 is 0. The third-order valence-electron chi connectivity index (χ3n) is 4.01. The van der Waals surface area contributed by atoms with Gasteiger partial charge in [0, 0.05) is 18.4 Å². The second kappa shape index (κ2) is 6.30. The van der Waals surface area contributed by atoms with Crippen molar-refractivity contribution in [2.75, 3.05) is 6.61 Å². The lowest BCUT2D eigenvalue weighted by molar-refractivity contribution is 0.157. The van der Waals surface area contributed by atoms with E-state index in [0.717, 1.165) is 5.56 Å². The van der Waals surface area contributed by atoms with E-state index in [4.69, 9.17) is 0 Å². The number of aliphatic hydroxyl groups is 1. The monoisotopic (exact) mass is 248 g/mol. The number of nitrogens with zero attached hydrogens (tertiary/aromatic N) is 1. The van der Waals surface area contributed by atoms with Gasteiger partial charge in [-0.15, -0.1) is 0 Å². The van der Waals surface area contributed by atoms with E-state index in [9.17, 15) is 5.11 Å². The summed E-state index contributed by atoms with van der Waals surface area (Å²) in [6.45, 7) is 2.20. The van der Waals surface area contributed by atoms with E-state index in [1.807, 2.05) is 12.1 Å². The van der Waals surface area contributed by atoms with E-state index < -0.39 is 0 Å². The van der Waals surface area contributed by atoms with Crippen LogP contribution in [0.5, 0.6) is 0 Å². The minimum Gasteiger partial charge on any atom is -0.394 e. The topological polar surface area (TPSA) is 45.1 Å². The normalized spacial score (nSPS) is 21.2. The molecule has 1 saturated carbocycles. The van der Waals surface area contributed by atoms with Crippen LogP contribution in [0.15, 0.2) is 24.5 Å². The van der Waals surface area contributed by atoms with Crippen molar-refractivity contribution in [1.29, 1.82) is 0 Å². The molecule has 3 heteroatoms. The number of hydrogen-bond acceptors (Lipinski definition) is 3. The van der Waals surface area contributed by atoms with E-state index in [-0.39, 0.29) is 12.1 Å². The second-order valence-corrected chi connectivity index (χ2v) is 5.56. The predicted octanol–water partition coefficient (Wildman–Crippen LogP) is 2.60. The van der Waals surface area contributed by atoms with Crippen LogP contribution in [0.3, 0.4) is 0 Å². The van der Waals surface area contributed by atoms with Crippen LogP contribution in [0.2, 0.25) is 0 Å². The highest BCUT2D eigenvalue weighted by Crippen LogP contribution is 2.24. The Hall–Kier alpha value is -0.930. The van der Waals surface area contributed by atoms with Gasteiger partial charge in [0.05, 0.1) is 12.1 Å². The van der Waals surface area contributed by atoms with Crippen molar-refractivity contribution in [2.24, 2.45) is 0 Å². The van der Waals surface area contributed by atoms with Gasteiger partial charge >= 0.3 is 0 Å². The lowest BCUT2D eigenvalue weighted by atomic mass is 9.91. The van der Waals surface area contributed by atoms with Crippen LogP contribution in [0.4, 0.5) is 0 Å². The molecule has 0 radical (unpaired) electrons. The highest BCUT2D eigenvalue weighted by molar-refractivity contribution is 5.21. The van der Waals surface area contributed by atoms with Crippen LogP contribution < -0.4 is 5.32 Å². The number of nitrogens with one attached hydrogen (secondary N) is 1. The van der Waals surface area contributed by atoms with Gasteiger partial charge in [-0.2, -0.15) is 0 Å². The zero-order valence-corrected chi connectivity index (χ0v) is 11.2. The van der Waals surface area contributed by atoms with E-state index >= 15 is 0 Å². The SMILES string of the molecule is CC(CO)(NC1CCCCCC1)c1ccncc1. The summed E-state index contributed by atoms with van der Waals surface area (Å²) in [5.41, 5.74) is 0.766. The van der Waals surface area contributed by atoms with Gasteiger partial charge in [0.2, 0.25) is 0 Å². The largest absolute Gasteiger partial charge is 0.394 e. The summed E-state index contributed by atoms with van der Waals surface area (Å²) in [5.74, 6) is 0. The molecule has 1 atom stereocenters. The number of rotatable bonds is 4. The molecule has 1 aliphatic carbocycles. The highest BCUT2D eigenvalue weighted by Gasteiger charge is 2.28. The third-order valence-corrected chi connectivity index (χ3v) is 4.01. The summed E-state index contributed by atoms with van der Waals surface area (Å²) < 4.78 is 0. The van der Waals surface area contributed by atoms with E-state index in [1.165, 1.54) is 38.5 Å². The smallest absolute Gasteiger partial charge is 0.0652 e. The molecule has 0 bridgehead atoms. The van der Waals surface area contributed by atoms with Crippen molar-refractivity contribution in [3.05, 3.63) is 30.1 Å². The molecule has 1 unspecified atom stereocenters. The summed E-state index contributed by atoms with van der Waals surface area (Å²) in [4.78, 5) is 4.05. The maximum atomic E-state index is 9.76. The third kappa shape index (κ3) is 3.30. The Morgan fingerprint density at radius 3 is 2.39 bits per heavy atom. The number of pyridine rings is 1. The maximum absolute atomic E-state index is 9.76. The van der Waals surface area contributed by atoms with Crippen LogP contribution in [-0.2, 0) is 5.54 Å². The Morgan fingerprint density at radius 1 is 1.22 bits per heavy atom. The molecule has 18 heavy (non-hydrogen) atoms. The van der Waals surface area contributed by atoms with Gasteiger partial charge in [-0.1, -0.05) is 25.7 Å². The average molecular weight is 248 g/mol. The molecule has 1 aromatic heterocycles. The maximum Gasteiger partial charge on any atom is 0.0652 e. The summed E-state index contributed by atoms with van der Waals surface area (Å²) in [5, 5.41) is 13.4. The molecule has 1 fully saturated rings. The molecule has 0 spiro atoms. The van der Waals surface area contributed by atoms with Crippen molar-refractivity contribution in [3.63, 3.8) is 0 Å². The van der Waals surface area contributed by atoms with Crippen LogP contribution in [0.1, 0.15) is 51.0 Å². The van der Waals surface area contributed by atoms with Crippen molar-refractivity contribution in [1.82, 2.24) is 10.3 Å². The fraction of sp³-hybridized carbons (Fsp3) is 0.667. The average Bonchev–Trinajstić information content (AvgIpc) is 2.68.